The molecule has 0 rings (SSSR count). The molecular formula is C8H15NO. The highest BCUT2D eigenvalue weighted by Crippen LogP contribution is 1.77. The first-order valence-electron chi connectivity index (χ1n) is 3.63. The van der Waals surface area contributed by atoms with Crippen LogP contribution in [0.25, 0.3) is 0 Å². The van der Waals surface area contributed by atoms with Gasteiger partial charge in [-0.3, -0.25) is 0 Å². The number of hydrogen-bond acceptors (Lipinski definition) is 2. The lowest BCUT2D eigenvalue weighted by Gasteiger charge is -2.01. The van der Waals surface area contributed by atoms with E-state index in [1.165, 1.54) is 0 Å². The van der Waals surface area contributed by atoms with E-state index in [9.17, 15) is 0 Å². The van der Waals surface area contributed by atoms with Gasteiger partial charge >= 0.3 is 0 Å². The fraction of sp³-hybridized carbons (Fsp3) is 0.750. The van der Waals surface area contributed by atoms with Crippen LogP contribution in [0, 0.1) is 12.3 Å². The number of terminal acetylenes is 1. The second kappa shape index (κ2) is 8.48. The molecule has 0 aliphatic carbocycles. The Hall–Kier alpha value is -0.520. The Labute approximate surface area is 63.0 Å². The van der Waals surface area contributed by atoms with Gasteiger partial charge < -0.3 is 10.1 Å². The molecule has 0 atom stereocenters. The lowest BCUT2D eigenvalue weighted by Crippen LogP contribution is -2.19. The Kier molecular flexibility index (Phi) is 8.04. The van der Waals surface area contributed by atoms with E-state index in [2.05, 4.69) is 18.2 Å². The van der Waals surface area contributed by atoms with Crippen molar-refractivity contribution in [3.05, 3.63) is 0 Å². The third-order valence-electron chi connectivity index (χ3n) is 0.999. The molecule has 10 heavy (non-hydrogen) atoms. The first kappa shape index (κ1) is 9.48. The Bertz CT molecular complexity index is 95.9. The maximum absolute atomic E-state index is 5.20. The summed E-state index contributed by atoms with van der Waals surface area (Å²) in [6.45, 7) is 5.18. The van der Waals surface area contributed by atoms with E-state index < -0.39 is 0 Å². The van der Waals surface area contributed by atoms with Crippen molar-refractivity contribution in [3.63, 3.8) is 0 Å². The smallest absolute Gasteiger partial charge is 0.0591 e. The van der Waals surface area contributed by atoms with Crippen LogP contribution in [0.15, 0.2) is 0 Å². The van der Waals surface area contributed by atoms with Crippen molar-refractivity contribution in [1.82, 2.24) is 5.32 Å². The zero-order valence-electron chi connectivity index (χ0n) is 6.52. The minimum absolute atomic E-state index is 0.634. The van der Waals surface area contributed by atoms with Crippen LogP contribution in [0.3, 0.4) is 0 Å². The largest absolute Gasteiger partial charge is 0.380 e. The number of hydrogen-bond donors (Lipinski definition) is 1. The maximum Gasteiger partial charge on any atom is 0.0591 e. The van der Waals surface area contributed by atoms with Gasteiger partial charge in [0.05, 0.1) is 13.2 Å². The molecule has 2 heteroatoms. The van der Waals surface area contributed by atoms with E-state index in [4.69, 9.17) is 11.2 Å². The molecule has 0 bridgehead atoms. The molecule has 0 aliphatic heterocycles. The van der Waals surface area contributed by atoms with Gasteiger partial charge in [-0.15, -0.1) is 6.42 Å². The monoisotopic (exact) mass is 141 g/mol. The van der Waals surface area contributed by atoms with Gasteiger partial charge in [-0.25, -0.2) is 0 Å². The van der Waals surface area contributed by atoms with E-state index in [1.807, 2.05) is 0 Å². The molecule has 0 unspecified atom stereocenters. The van der Waals surface area contributed by atoms with E-state index in [0.29, 0.717) is 6.54 Å². The Morgan fingerprint density at radius 3 is 2.90 bits per heavy atom. The highest BCUT2D eigenvalue weighted by atomic mass is 16.5. The van der Waals surface area contributed by atoms with Crippen LogP contribution in [-0.2, 0) is 4.74 Å². The quantitative estimate of drug-likeness (QED) is 0.433. The molecule has 0 saturated carbocycles. The Balaban J connectivity index is 2.72. The number of nitrogens with one attached hydrogen (secondary N) is 1. The number of rotatable bonds is 6. The van der Waals surface area contributed by atoms with Gasteiger partial charge in [0.25, 0.3) is 0 Å². The van der Waals surface area contributed by atoms with Gasteiger partial charge in [-0.1, -0.05) is 12.8 Å². The molecule has 0 spiro atoms. The standard InChI is InChI=1S/C8H15NO/c1-3-5-9-6-8-10-7-4-2/h1,9H,4-8H2,2H3. The molecule has 0 aromatic carbocycles. The van der Waals surface area contributed by atoms with Crippen LogP contribution in [0.5, 0.6) is 0 Å². The summed E-state index contributed by atoms with van der Waals surface area (Å²) >= 11 is 0. The summed E-state index contributed by atoms with van der Waals surface area (Å²) in [6, 6.07) is 0. The summed E-state index contributed by atoms with van der Waals surface area (Å²) in [5, 5.41) is 3.03. The zero-order chi connectivity index (χ0) is 7.66. The van der Waals surface area contributed by atoms with Crippen molar-refractivity contribution >= 4 is 0 Å². The fourth-order valence-corrected chi connectivity index (χ4v) is 0.551. The van der Waals surface area contributed by atoms with Crippen molar-refractivity contribution in [1.29, 1.82) is 0 Å². The second-order valence-electron chi connectivity index (χ2n) is 1.99. The molecule has 0 fully saturated rings. The van der Waals surface area contributed by atoms with Gasteiger partial charge in [-0.2, -0.15) is 0 Å². The topological polar surface area (TPSA) is 21.3 Å². The lowest BCUT2D eigenvalue weighted by atomic mass is 10.5. The molecule has 0 heterocycles. The summed E-state index contributed by atoms with van der Waals surface area (Å²) in [6.07, 6.45) is 6.09. The molecule has 0 aromatic heterocycles. The predicted octanol–water partition coefficient (Wildman–Crippen LogP) is 0.636. The van der Waals surface area contributed by atoms with Crippen molar-refractivity contribution < 1.29 is 4.74 Å². The van der Waals surface area contributed by atoms with Crippen LogP contribution >= 0.6 is 0 Å². The highest BCUT2D eigenvalue weighted by Gasteiger charge is 1.83. The minimum Gasteiger partial charge on any atom is -0.380 e. The van der Waals surface area contributed by atoms with Gasteiger partial charge in [-0.05, 0) is 6.42 Å². The Morgan fingerprint density at radius 2 is 2.30 bits per heavy atom. The third-order valence-corrected chi connectivity index (χ3v) is 0.999. The summed E-state index contributed by atoms with van der Waals surface area (Å²) in [5.74, 6) is 2.49. The SMILES string of the molecule is C#CCNCCOCCC. The summed E-state index contributed by atoms with van der Waals surface area (Å²) in [5.41, 5.74) is 0. The zero-order valence-corrected chi connectivity index (χ0v) is 6.52. The summed E-state index contributed by atoms with van der Waals surface area (Å²) < 4.78 is 5.20. The van der Waals surface area contributed by atoms with E-state index in [-0.39, 0.29) is 0 Å². The van der Waals surface area contributed by atoms with E-state index in [1.54, 1.807) is 0 Å². The molecule has 2 nitrogen and oxygen atoms in total. The molecule has 0 amide bonds. The molecule has 0 aromatic rings. The van der Waals surface area contributed by atoms with Crippen LogP contribution in [-0.4, -0.2) is 26.3 Å². The first-order chi connectivity index (χ1) is 4.91. The molecule has 1 N–H and O–H groups in total. The van der Waals surface area contributed by atoms with Gasteiger partial charge in [0.2, 0.25) is 0 Å². The molecule has 0 aliphatic rings. The van der Waals surface area contributed by atoms with Crippen LogP contribution < -0.4 is 5.32 Å². The van der Waals surface area contributed by atoms with Crippen molar-refractivity contribution in [2.24, 2.45) is 0 Å². The first-order valence-corrected chi connectivity index (χ1v) is 3.63. The van der Waals surface area contributed by atoms with Gasteiger partial charge in [0.1, 0.15) is 0 Å². The van der Waals surface area contributed by atoms with Crippen LogP contribution in [0.4, 0.5) is 0 Å². The van der Waals surface area contributed by atoms with E-state index >= 15 is 0 Å². The molecule has 0 radical (unpaired) electrons. The maximum atomic E-state index is 5.20. The minimum atomic E-state index is 0.634. The molecule has 58 valence electrons. The summed E-state index contributed by atoms with van der Waals surface area (Å²) in [4.78, 5) is 0. The molecule has 0 saturated heterocycles. The normalized spacial score (nSPS) is 9.20. The molecular weight excluding hydrogens is 126 g/mol. The van der Waals surface area contributed by atoms with Crippen molar-refractivity contribution in [2.45, 2.75) is 13.3 Å². The fourth-order valence-electron chi connectivity index (χ4n) is 0.551. The van der Waals surface area contributed by atoms with Gasteiger partial charge in [0.15, 0.2) is 0 Å². The summed E-state index contributed by atoms with van der Waals surface area (Å²) in [7, 11) is 0. The lowest BCUT2D eigenvalue weighted by molar-refractivity contribution is 0.137. The average molecular weight is 141 g/mol. The van der Waals surface area contributed by atoms with Crippen LogP contribution in [0.1, 0.15) is 13.3 Å². The van der Waals surface area contributed by atoms with Gasteiger partial charge in [0, 0.05) is 13.2 Å². The highest BCUT2D eigenvalue weighted by molar-refractivity contribution is 4.86. The second-order valence-corrected chi connectivity index (χ2v) is 1.99. The average Bonchev–Trinajstić information content (AvgIpc) is 1.97. The Morgan fingerprint density at radius 1 is 1.50 bits per heavy atom. The van der Waals surface area contributed by atoms with Crippen LogP contribution in [0.2, 0.25) is 0 Å². The predicted molar refractivity (Wildman–Crippen MR) is 42.8 cm³/mol. The number of ether oxygens (including phenoxy) is 1. The van der Waals surface area contributed by atoms with Crippen molar-refractivity contribution in [2.75, 3.05) is 26.3 Å². The third kappa shape index (κ3) is 7.48. The van der Waals surface area contributed by atoms with E-state index in [0.717, 1.165) is 26.2 Å². The van der Waals surface area contributed by atoms with Crippen molar-refractivity contribution in [3.8, 4) is 12.3 Å².